The standard InChI is InChI=1S/C16H13NO4/c18-14(11-2-1-5-21-11)17-15(19)12-7-3-4-8(10-6-9(7)10)13(12)16(17)20/h1-5,7-10,12-13H,6H2/t7-,8-,9-,10+,12-,13+/m0/s1. The molecular weight excluding hydrogens is 270 g/mol. The summed E-state index contributed by atoms with van der Waals surface area (Å²) >= 11 is 0. The number of rotatable bonds is 1. The molecule has 3 fully saturated rings. The first-order chi connectivity index (χ1) is 10.2. The Labute approximate surface area is 120 Å². The summed E-state index contributed by atoms with van der Waals surface area (Å²) in [5.74, 6) is -0.587. The molecule has 2 heterocycles. The summed E-state index contributed by atoms with van der Waals surface area (Å²) in [4.78, 5) is 38.5. The van der Waals surface area contributed by atoms with Crippen LogP contribution in [-0.2, 0) is 9.59 Å². The second-order valence-corrected chi connectivity index (χ2v) is 6.45. The lowest BCUT2D eigenvalue weighted by Crippen LogP contribution is -2.40. The summed E-state index contributed by atoms with van der Waals surface area (Å²) in [6.45, 7) is 0. The normalized spacial score (nSPS) is 42.2. The number of likely N-dealkylation sites (tertiary alicyclic amines) is 1. The number of furan rings is 1. The van der Waals surface area contributed by atoms with Gasteiger partial charge >= 0.3 is 5.91 Å². The van der Waals surface area contributed by atoms with E-state index in [0.29, 0.717) is 11.8 Å². The molecule has 106 valence electrons. The average molecular weight is 283 g/mol. The molecule has 1 saturated heterocycles. The zero-order chi connectivity index (χ0) is 14.3. The highest BCUT2D eigenvalue weighted by Gasteiger charge is 2.67. The van der Waals surface area contributed by atoms with E-state index in [1.54, 1.807) is 6.07 Å². The molecular formula is C16H13NO4. The quantitative estimate of drug-likeness (QED) is 0.578. The van der Waals surface area contributed by atoms with Crippen molar-refractivity contribution in [3.63, 3.8) is 0 Å². The maximum atomic E-state index is 12.6. The molecule has 1 aromatic heterocycles. The minimum atomic E-state index is -0.627. The molecule has 5 nitrogen and oxygen atoms in total. The van der Waals surface area contributed by atoms with E-state index in [1.165, 1.54) is 12.3 Å². The molecule has 0 radical (unpaired) electrons. The van der Waals surface area contributed by atoms with Crippen molar-refractivity contribution in [2.24, 2.45) is 35.5 Å². The van der Waals surface area contributed by atoms with Crippen molar-refractivity contribution in [1.29, 1.82) is 0 Å². The highest BCUT2D eigenvalue weighted by Crippen LogP contribution is 2.65. The average Bonchev–Trinajstić information content (AvgIpc) is 3.06. The van der Waals surface area contributed by atoms with Crippen molar-refractivity contribution in [3.05, 3.63) is 36.3 Å². The van der Waals surface area contributed by atoms with Crippen LogP contribution < -0.4 is 0 Å². The van der Waals surface area contributed by atoms with Gasteiger partial charge < -0.3 is 4.42 Å². The fourth-order valence-corrected chi connectivity index (χ4v) is 4.67. The topological polar surface area (TPSA) is 67.6 Å². The van der Waals surface area contributed by atoms with Crippen LogP contribution in [0.15, 0.2) is 35.0 Å². The Hall–Kier alpha value is -2.17. The van der Waals surface area contributed by atoms with Crippen LogP contribution in [0.2, 0.25) is 0 Å². The number of imide groups is 3. The number of hydrogen-bond donors (Lipinski definition) is 0. The Morgan fingerprint density at radius 1 is 1.10 bits per heavy atom. The van der Waals surface area contributed by atoms with Gasteiger partial charge in [-0.05, 0) is 42.2 Å². The van der Waals surface area contributed by atoms with Crippen LogP contribution in [0.4, 0.5) is 0 Å². The lowest BCUT2D eigenvalue weighted by Gasteiger charge is -2.37. The Morgan fingerprint density at radius 2 is 1.71 bits per heavy atom. The highest BCUT2D eigenvalue weighted by molar-refractivity contribution is 6.21. The highest BCUT2D eigenvalue weighted by atomic mass is 16.3. The maximum absolute atomic E-state index is 12.6. The Bertz CT molecular complexity index is 668. The predicted octanol–water partition coefficient (Wildman–Crippen LogP) is 1.47. The third-order valence-electron chi connectivity index (χ3n) is 5.60. The smallest absolute Gasteiger partial charge is 0.303 e. The molecule has 5 aliphatic rings. The van der Waals surface area contributed by atoms with Crippen LogP contribution in [0.1, 0.15) is 17.0 Å². The number of allylic oxidation sites excluding steroid dienone is 2. The van der Waals surface area contributed by atoms with E-state index in [-0.39, 0.29) is 41.2 Å². The van der Waals surface area contributed by atoms with Gasteiger partial charge in [-0.2, -0.15) is 0 Å². The molecule has 2 bridgehead atoms. The summed E-state index contributed by atoms with van der Waals surface area (Å²) in [6, 6.07) is 3.06. The van der Waals surface area contributed by atoms with Crippen LogP contribution in [0, 0.1) is 35.5 Å². The number of carbonyl (C=O) groups excluding carboxylic acids is 3. The van der Waals surface area contributed by atoms with Crippen molar-refractivity contribution >= 4 is 17.7 Å². The van der Waals surface area contributed by atoms with E-state index in [0.717, 1.165) is 11.3 Å². The van der Waals surface area contributed by atoms with Gasteiger partial charge in [0.2, 0.25) is 11.8 Å². The van der Waals surface area contributed by atoms with Gasteiger partial charge in [-0.15, -0.1) is 0 Å². The van der Waals surface area contributed by atoms with E-state index >= 15 is 0 Å². The summed E-state index contributed by atoms with van der Waals surface area (Å²) in [7, 11) is 0. The van der Waals surface area contributed by atoms with Crippen molar-refractivity contribution in [3.8, 4) is 0 Å². The zero-order valence-corrected chi connectivity index (χ0v) is 11.1. The number of nitrogens with zero attached hydrogens (tertiary/aromatic N) is 1. The van der Waals surface area contributed by atoms with Crippen LogP contribution in [0.25, 0.3) is 0 Å². The van der Waals surface area contributed by atoms with Crippen LogP contribution in [0.3, 0.4) is 0 Å². The molecule has 6 rings (SSSR count). The van der Waals surface area contributed by atoms with Gasteiger partial charge in [-0.25, -0.2) is 4.90 Å². The van der Waals surface area contributed by atoms with Crippen molar-refractivity contribution in [2.75, 3.05) is 0 Å². The third kappa shape index (κ3) is 1.25. The fourth-order valence-electron chi connectivity index (χ4n) is 4.67. The first kappa shape index (κ1) is 11.5. The second-order valence-electron chi connectivity index (χ2n) is 6.45. The second kappa shape index (κ2) is 3.53. The third-order valence-corrected chi connectivity index (χ3v) is 5.60. The van der Waals surface area contributed by atoms with Crippen molar-refractivity contribution < 1.29 is 18.8 Å². The first-order valence-electron chi connectivity index (χ1n) is 7.32. The molecule has 0 N–H and O–H groups in total. The molecule has 1 aromatic rings. The zero-order valence-electron chi connectivity index (χ0n) is 11.1. The minimum absolute atomic E-state index is 0.0424. The summed E-state index contributed by atoms with van der Waals surface area (Å²) in [5, 5.41) is 0. The van der Waals surface area contributed by atoms with Gasteiger partial charge in [0.25, 0.3) is 0 Å². The van der Waals surface area contributed by atoms with Gasteiger partial charge in [-0.3, -0.25) is 14.4 Å². The van der Waals surface area contributed by atoms with E-state index < -0.39 is 5.91 Å². The van der Waals surface area contributed by atoms with Crippen LogP contribution in [0.5, 0.6) is 0 Å². The minimum Gasteiger partial charge on any atom is -0.459 e. The van der Waals surface area contributed by atoms with E-state index in [2.05, 4.69) is 12.2 Å². The summed E-state index contributed by atoms with van der Waals surface area (Å²) < 4.78 is 5.05. The SMILES string of the molecule is O=C(c1ccco1)N1C(=O)[C@@H]2[C@H]3C=C[C@@H]([C@@H]4C[C@H]34)[C@@H]2C1=O. The summed E-state index contributed by atoms with van der Waals surface area (Å²) in [6.07, 6.45) is 6.66. The van der Waals surface area contributed by atoms with Gasteiger partial charge in [-0.1, -0.05) is 12.2 Å². The number of amides is 3. The molecule has 2 saturated carbocycles. The van der Waals surface area contributed by atoms with Gasteiger partial charge in [0.15, 0.2) is 5.76 Å². The molecule has 0 spiro atoms. The van der Waals surface area contributed by atoms with Crippen molar-refractivity contribution in [2.45, 2.75) is 6.42 Å². The maximum Gasteiger partial charge on any atom is 0.303 e. The monoisotopic (exact) mass is 283 g/mol. The lowest BCUT2D eigenvalue weighted by molar-refractivity contribution is -0.136. The van der Waals surface area contributed by atoms with Crippen LogP contribution >= 0.6 is 0 Å². The van der Waals surface area contributed by atoms with Gasteiger partial charge in [0, 0.05) is 0 Å². The molecule has 0 aromatic carbocycles. The van der Waals surface area contributed by atoms with Crippen LogP contribution in [-0.4, -0.2) is 22.6 Å². The Kier molecular flexibility index (Phi) is 1.93. The predicted molar refractivity (Wildman–Crippen MR) is 69.6 cm³/mol. The lowest BCUT2D eigenvalue weighted by atomic mass is 9.63. The largest absolute Gasteiger partial charge is 0.459 e. The van der Waals surface area contributed by atoms with Gasteiger partial charge in [0.05, 0.1) is 18.1 Å². The fraction of sp³-hybridized carbons (Fsp3) is 0.438. The number of carbonyl (C=O) groups is 3. The van der Waals surface area contributed by atoms with E-state index in [1.807, 2.05) is 0 Å². The molecule has 0 unspecified atom stereocenters. The molecule has 4 aliphatic carbocycles. The van der Waals surface area contributed by atoms with E-state index in [4.69, 9.17) is 4.42 Å². The van der Waals surface area contributed by atoms with E-state index in [9.17, 15) is 14.4 Å². The summed E-state index contributed by atoms with van der Waals surface area (Å²) in [5.41, 5.74) is 0. The molecule has 21 heavy (non-hydrogen) atoms. The molecule has 3 amide bonds. The number of hydrogen-bond acceptors (Lipinski definition) is 4. The Balaban J connectivity index is 1.56. The molecule has 6 atom stereocenters. The Morgan fingerprint density at radius 3 is 2.24 bits per heavy atom. The first-order valence-corrected chi connectivity index (χ1v) is 7.32. The molecule has 1 aliphatic heterocycles. The van der Waals surface area contributed by atoms with Crippen molar-refractivity contribution in [1.82, 2.24) is 4.90 Å². The molecule has 5 heteroatoms. The van der Waals surface area contributed by atoms with Gasteiger partial charge in [0.1, 0.15) is 0 Å².